The van der Waals surface area contributed by atoms with Crippen molar-refractivity contribution in [2.45, 2.75) is 20.0 Å². The van der Waals surface area contributed by atoms with Crippen LogP contribution < -0.4 is 10.6 Å². The highest BCUT2D eigenvalue weighted by molar-refractivity contribution is 14.0. The molecule has 2 N–H and O–H groups in total. The molecule has 0 fully saturated rings. The predicted octanol–water partition coefficient (Wildman–Crippen LogP) is 3.18. The SMILES string of the molecule is CN=C(NCc1ncc(-c2ccc(C)cc2)o1)NCc1nnc2ccccn12.I. The van der Waals surface area contributed by atoms with Crippen molar-refractivity contribution in [1.29, 1.82) is 0 Å². The number of pyridine rings is 1. The zero-order chi connectivity index (χ0) is 19.3. The Kier molecular flexibility index (Phi) is 6.81. The van der Waals surface area contributed by atoms with E-state index in [-0.39, 0.29) is 24.0 Å². The monoisotopic (exact) mass is 503 g/mol. The highest BCUT2D eigenvalue weighted by Gasteiger charge is 2.09. The van der Waals surface area contributed by atoms with Gasteiger partial charge in [-0.3, -0.25) is 9.39 Å². The zero-order valence-corrected chi connectivity index (χ0v) is 18.5. The summed E-state index contributed by atoms with van der Waals surface area (Å²) in [6, 6.07) is 13.9. The van der Waals surface area contributed by atoms with E-state index in [1.165, 1.54) is 5.56 Å². The van der Waals surface area contributed by atoms with Crippen molar-refractivity contribution in [2.75, 3.05) is 7.05 Å². The molecule has 0 atom stereocenters. The Morgan fingerprint density at radius 1 is 1.07 bits per heavy atom. The molecule has 0 aliphatic heterocycles. The van der Waals surface area contributed by atoms with Crippen molar-refractivity contribution in [1.82, 2.24) is 30.2 Å². The maximum Gasteiger partial charge on any atom is 0.214 e. The molecule has 4 rings (SSSR count). The number of nitrogens with one attached hydrogen (secondary N) is 2. The highest BCUT2D eigenvalue weighted by Crippen LogP contribution is 2.20. The average molecular weight is 503 g/mol. The van der Waals surface area contributed by atoms with Gasteiger partial charge in [0, 0.05) is 18.8 Å². The van der Waals surface area contributed by atoms with Crippen LogP contribution in [0.4, 0.5) is 0 Å². The molecule has 1 aromatic carbocycles. The molecule has 29 heavy (non-hydrogen) atoms. The van der Waals surface area contributed by atoms with Crippen molar-refractivity contribution in [3.8, 4) is 11.3 Å². The van der Waals surface area contributed by atoms with Crippen molar-refractivity contribution in [2.24, 2.45) is 4.99 Å². The minimum Gasteiger partial charge on any atom is -0.439 e. The van der Waals surface area contributed by atoms with Crippen LogP contribution in [0.2, 0.25) is 0 Å². The number of fused-ring (bicyclic) bond motifs is 1. The second-order valence-electron chi connectivity index (χ2n) is 6.31. The summed E-state index contributed by atoms with van der Waals surface area (Å²) >= 11 is 0. The van der Waals surface area contributed by atoms with E-state index in [1.54, 1.807) is 13.2 Å². The Labute approximate surface area is 185 Å². The van der Waals surface area contributed by atoms with E-state index in [2.05, 4.69) is 49.9 Å². The van der Waals surface area contributed by atoms with Gasteiger partial charge in [0.05, 0.1) is 19.3 Å². The number of oxazole rings is 1. The van der Waals surface area contributed by atoms with E-state index in [0.29, 0.717) is 24.9 Å². The van der Waals surface area contributed by atoms with E-state index < -0.39 is 0 Å². The number of aryl methyl sites for hydroxylation is 1. The van der Waals surface area contributed by atoms with E-state index in [0.717, 1.165) is 22.8 Å². The third-order valence-corrected chi connectivity index (χ3v) is 4.32. The summed E-state index contributed by atoms with van der Waals surface area (Å²) in [5.74, 6) is 2.76. The van der Waals surface area contributed by atoms with Crippen LogP contribution in [-0.4, -0.2) is 32.6 Å². The highest BCUT2D eigenvalue weighted by atomic mass is 127. The first-order valence-corrected chi connectivity index (χ1v) is 8.98. The minimum atomic E-state index is 0. The van der Waals surface area contributed by atoms with Gasteiger partial charge in [0.25, 0.3) is 0 Å². The number of hydrogen-bond donors (Lipinski definition) is 2. The topological polar surface area (TPSA) is 92.6 Å². The first-order chi connectivity index (χ1) is 13.7. The minimum absolute atomic E-state index is 0. The fraction of sp³-hybridized carbons (Fsp3) is 0.200. The third-order valence-electron chi connectivity index (χ3n) is 4.32. The third kappa shape index (κ3) is 4.91. The lowest BCUT2D eigenvalue weighted by atomic mass is 10.1. The number of benzene rings is 1. The number of rotatable bonds is 5. The molecule has 9 heteroatoms. The van der Waals surface area contributed by atoms with Gasteiger partial charge >= 0.3 is 0 Å². The largest absolute Gasteiger partial charge is 0.439 e. The van der Waals surface area contributed by atoms with Crippen LogP contribution in [-0.2, 0) is 13.1 Å². The molecule has 3 heterocycles. The lowest BCUT2D eigenvalue weighted by Gasteiger charge is -2.09. The number of halogens is 1. The van der Waals surface area contributed by atoms with E-state index >= 15 is 0 Å². The predicted molar refractivity (Wildman–Crippen MR) is 122 cm³/mol. The van der Waals surface area contributed by atoms with Crippen LogP contribution in [0.15, 0.2) is 64.3 Å². The lowest BCUT2D eigenvalue weighted by Crippen LogP contribution is -2.36. The molecule has 0 radical (unpaired) electrons. The van der Waals surface area contributed by atoms with Gasteiger partial charge < -0.3 is 15.1 Å². The molecule has 150 valence electrons. The summed E-state index contributed by atoms with van der Waals surface area (Å²) in [6.45, 7) is 2.97. The lowest BCUT2D eigenvalue weighted by molar-refractivity contribution is 0.497. The Morgan fingerprint density at radius 2 is 1.86 bits per heavy atom. The second-order valence-corrected chi connectivity index (χ2v) is 6.31. The van der Waals surface area contributed by atoms with Crippen molar-refractivity contribution >= 4 is 35.6 Å². The molecule has 0 aliphatic rings. The second kappa shape index (κ2) is 9.50. The molecule has 0 bridgehead atoms. The zero-order valence-electron chi connectivity index (χ0n) is 16.2. The number of nitrogens with zero attached hydrogens (tertiary/aromatic N) is 5. The summed E-state index contributed by atoms with van der Waals surface area (Å²) < 4.78 is 7.76. The fourth-order valence-electron chi connectivity index (χ4n) is 2.80. The summed E-state index contributed by atoms with van der Waals surface area (Å²) in [5, 5.41) is 14.8. The smallest absolute Gasteiger partial charge is 0.214 e. The molecule has 0 amide bonds. The number of hydrogen-bond acceptors (Lipinski definition) is 5. The number of guanidine groups is 1. The molecular formula is C20H22IN7O. The van der Waals surface area contributed by atoms with E-state index in [4.69, 9.17) is 4.42 Å². The molecule has 0 spiro atoms. The maximum atomic E-state index is 5.83. The number of aromatic nitrogens is 4. The van der Waals surface area contributed by atoms with Gasteiger partial charge in [-0.15, -0.1) is 34.2 Å². The molecule has 3 aromatic heterocycles. The normalized spacial score (nSPS) is 11.3. The van der Waals surface area contributed by atoms with Gasteiger partial charge in [0.2, 0.25) is 5.89 Å². The summed E-state index contributed by atoms with van der Waals surface area (Å²) in [4.78, 5) is 8.56. The molecular weight excluding hydrogens is 481 g/mol. The summed E-state index contributed by atoms with van der Waals surface area (Å²) in [7, 11) is 1.71. The molecule has 0 aliphatic carbocycles. The first-order valence-electron chi connectivity index (χ1n) is 8.98. The quantitative estimate of drug-likeness (QED) is 0.247. The number of aliphatic imine (C=N–C) groups is 1. The standard InChI is InChI=1S/C20H21N7O.HI/c1-14-6-8-15(9-7-14)16-11-22-19(28-16)13-24-20(21-2)23-12-18-26-25-17-5-3-4-10-27(17)18;/h3-11H,12-13H2,1-2H3,(H2,21,23,24);1H. The van der Waals surface area contributed by atoms with Gasteiger partial charge in [-0.25, -0.2) is 4.98 Å². The first kappa shape index (κ1) is 20.8. The molecule has 4 aromatic rings. The van der Waals surface area contributed by atoms with Gasteiger partial charge in [0.15, 0.2) is 23.2 Å². The van der Waals surface area contributed by atoms with Crippen LogP contribution in [0.1, 0.15) is 17.3 Å². The van der Waals surface area contributed by atoms with Gasteiger partial charge in [-0.05, 0) is 19.1 Å². The fourth-order valence-corrected chi connectivity index (χ4v) is 2.80. The van der Waals surface area contributed by atoms with Crippen molar-refractivity contribution < 1.29 is 4.42 Å². The van der Waals surface area contributed by atoms with Crippen LogP contribution in [0.25, 0.3) is 17.0 Å². The Bertz CT molecular complexity index is 1100. The maximum absolute atomic E-state index is 5.83. The Hall–Kier alpha value is -2.95. The molecule has 8 nitrogen and oxygen atoms in total. The molecule has 0 saturated heterocycles. The molecule has 0 saturated carbocycles. The summed E-state index contributed by atoms with van der Waals surface area (Å²) in [6.07, 6.45) is 3.67. The van der Waals surface area contributed by atoms with Crippen molar-refractivity contribution in [3.63, 3.8) is 0 Å². The van der Waals surface area contributed by atoms with E-state index in [1.807, 2.05) is 40.9 Å². The van der Waals surface area contributed by atoms with Crippen LogP contribution >= 0.6 is 24.0 Å². The average Bonchev–Trinajstić information content (AvgIpc) is 3.36. The van der Waals surface area contributed by atoms with Gasteiger partial charge in [0.1, 0.15) is 0 Å². The Balaban J connectivity index is 0.00000240. The summed E-state index contributed by atoms with van der Waals surface area (Å²) in [5.41, 5.74) is 3.02. The van der Waals surface area contributed by atoms with Crippen LogP contribution in [0.3, 0.4) is 0 Å². The van der Waals surface area contributed by atoms with E-state index in [9.17, 15) is 0 Å². The van der Waals surface area contributed by atoms with Gasteiger partial charge in [-0.2, -0.15) is 0 Å². The van der Waals surface area contributed by atoms with Crippen LogP contribution in [0, 0.1) is 6.92 Å². The van der Waals surface area contributed by atoms with Crippen LogP contribution in [0.5, 0.6) is 0 Å². The van der Waals surface area contributed by atoms with Gasteiger partial charge in [-0.1, -0.05) is 35.9 Å². The molecule has 0 unspecified atom stereocenters. The Morgan fingerprint density at radius 3 is 2.66 bits per heavy atom. The van der Waals surface area contributed by atoms with Crippen molar-refractivity contribution in [3.05, 3.63) is 72.1 Å².